The van der Waals surface area contributed by atoms with E-state index >= 15 is 0 Å². The molecule has 2 heterocycles. The minimum atomic E-state index is 0.0212. The second-order valence-corrected chi connectivity index (χ2v) is 7.34. The van der Waals surface area contributed by atoms with E-state index < -0.39 is 0 Å². The van der Waals surface area contributed by atoms with E-state index in [9.17, 15) is 4.79 Å². The first kappa shape index (κ1) is 15.9. The van der Waals surface area contributed by atoms with Crippen molar-refractivity contribution in [2.45, 2.75) is 5.75 Å². The number of rotatable bonds is 3. The van der Waals surface area contributed by atoms with Crippen LogP contribution >= 0.6 is 46.3 Å². The molecule has 0 fully saturated rings. The highest BCUT2D eigenvalue weighted by molar-refractivity contribution is 8.13. The van der Waals surface area contributed by atoms with Crippen LogP contribution in [-0.2, 0) is 5.75 Å². The molecule has 0 N–H and O–H groups in total. The average Bonchev–Trinajstić information content (AvgIpc) is 3.19. The van der Waals surface area contributed by atoms with Gasteiger partial charge in [-0.1, -0.05) is 47.1 Å². The van der Waals surface area contributed by atoms with Crippen molar-refractivity contribution in [3.63, 3.8) is 0 Å². The molecule has 0 saturated heterocycles. The van der Waals surface area contributed by atoms with Crippen LogP contribution in [0.4, 0.5) is 0 Å². The number of halogens is 2. The molecule has 0 spiro atoms. The second-order valence-electron chi connectivity index (χ2n) is 4.64. The second kappa shape index (κ2) is 7.04. The fourth-order valence-corrected chi connectivity index (χ4v) is 4.03. The molecule has 0 saturated carbocycles. The Morgan fingerprint density at radius 1 is 1.32 bits per heavy atom. The molecule has 7 heteroatoms. The maximum Gasteiger partial charge on any atom is 0.269 e. The van der Waals surface area contributed by atoms with Gasteiger partial charge in [-0.2, -0.15) is 0 Å². The Labute approximate surface area is 146 Å². The molecule has 0 unspecified atom stereocenters. The fourth-order valence-electron chi connectivity index (χ4n) is 2.05. The Balaban J connectivity index is 1.66. The Morgan fingerprint density at radius 3 is 2.91 bits per heavy atom. The van der Waals surface area contributed by atoms with Crippen molar-refractivity contribution < 1.29 is 4.79 Å². The molecule has 22 heavy (non-hydrogen) atoms. The van der Waals surface area contributed by atoms with Crippen molar-refractivity contribution in [3.8, 4) is 0 Å². The van der Waals surface area contributed by atoms with Crippen molar-refractivity contribution in [2.75, 3.05) is 13.1 Å². The first-order valence-corrected chi connectivity index (χ1v) is 9.24. The molecule has 3 nitrogen and oxygen atoms in total. The Morgan fingerprint density at radius 2 is 2.18 bits per heavy atom. The molecule has 1 amide bonds. The summed E-state index contributed by atoms with van der Waals surface area (Å²) >= 11 is 14.9. The molecule has 2 aromatic rings. The van der Waals surface area contributed by atoms with Crippen LogP contribution in [0.3, 0.4) is 0 Å². The van der Waals surface area contributed by atoms with Crippen LogP contribution in [0.5, 0.6) is 0 Å². The Kier molecular flexibility index (Phi) is 5.08. The summed E-state index contributed by atoms with van der Waals surface area (Å²) in [5.41, 5.74) is 1.05. The summed E-state index contributed by atoms with van der Waals surface area (Å²) < 4.78 is 0. The van der Waals surface area contributed by atoms with Gasteiger partial charge in [-0.15, -0.1) is 11.3 Å². The molecule has 0 aliphatic carbocycles. The number of amides is 1. The van der Waals surface area contributed by atoms with Crippen LogP contribution in [0.2, 0.25) is 10.0 Å². The number of nitrogens with zero attached hydrogens (tertiary/aromatic N) is 2. The first-order valence-electron chi connectivity index (χ1n) is 6.61. The van der Waals surface area contributed by atoms with Crippen LogP contribution in [0, 0.1) is 0 Å². The van der Waals surface area contributed by atoms with Crippen molar-refractivity contribution in [2.24, 2.45) is 4.99 Å². The molecule has 0 atom stereocenters. The lowest BCUT2D eigenvalue weighted by Gasteiger charge is -2.17. The van der Waals surface area contributed by atoms with Gasteiger partial charge in [0.15, 0.2) is 5.17 Å². The molecular formula is C15H12Cl2N2OS2. The lowest BCUT2D eigenvalue weighted by molar-refractivity contribution is 0.0865. The van der Waals surface area contributed by atoms with E-state index in [0.717, 1.165) is 15.6 Å². The molecule has 114 valence electrons. The minimum absolute atomic E-state index is 0.0212. The van der Waals surface area contributed by atoms with E-state index in [1.165, 1.54) is 11.3 Å². The van der Waals surface area contributed by atoms with Crippen LogP contribution < -0.4 is 0 Å². The molecule has 1 aliphatic rings. The third-order valence-electron chi connectivity index (χ3n) is 3.13. The standard InChI is InChI=1S/C15H12Cl2N2OS2/c16-11-4-3-10(8-12(11)17)9-22-15-18-5-6-19(15)14(20)13-2-1-7-21-13/h1-4,7-8H,5-6,9H2. The number of benzene rings is 1. The van der Waals surface area contributed by atoms with E-state index in [1.54, 1.807) is 22.7 Å². The van der Waals surface area contributed by atoms with Crippen LogP contribution in [-0.4, -0.2) is 29.1 Å². The molecule has 1 aromatic heterocycles. The van der Waals surface area contributed by atoms with Gasteiger partial charge >= 0.3 is 0 Å². The molecule has 3 rings (SSSR count). The highest BCUT2D eigenvalue weighted by Gasteiger charge is 2.25. The van der Waals surface area contributed by atoms with Crippen LogP contribution in [0.25, 0.3) is 0 Å². The Hall–Kier alpha value is -1.01. The van der Waals surface area contributed by atoms with E-state index in [-0.39, 0.29) is 5.91 Å². The summed E-state index contributed by atoms with van der Waals surface area (Å²) in [6, 6.07) is 9.28. The van der Waals surface area contributed by atoms with E-state index in [0.29, 0.717) is 28.9 Å². The normalized spacial score (nSPS) is 14.3. The summed E-state index contributed by atoms with van der Waals surface area (Å²) in [5.74, 6) is 0.720. The predicted octanol–water partition coefficient (Wildman–Crippen LogP) is 4.80. The van der Waals surface area contributed by atoms with Gasteiger partial charge in [0, 0.05) is 12.3 Å². The number of carbonyl (C=O) groups is 1. The zero-order chi connectivity index (χ0) is 15.5. The molecule has 0 bridgehead atoms. The number of amidine groups is 1. The smallest absolute Gasteiger partial charge is 0.269 e. The fraction of sp³-hybridized carbons (Fsp3) is 0.200. The lowest BCUT2D eigenvalue weighted by Crippen LogP contribution is -2.32. The molecular weight excluding hydrogens is 359 g/mol. The quantitative estimate of drug-likeness (QED) is 0.776. The summed E-state index contributed by atoms with van der Waals surface area (Å²) in [7, 11) is 0. The van der Waals surface area contributed by atoms with Gasteiger partial charge in [-0.3, -0.25) is 14.7 Å². The zero-order valence-corrected chi connectivity index (χ0v) is 14.6. The van der Waals surface area contributed by atoms with Gasteiger partial charge < -0.3 is 0 Å². The van der Waals surface area contributed by atoms with Gasteiger partial charge in [0.05, 0.1) is 21.5 Å². The summed E-state index contributed by atoms with van der Waals surface area (Å²) in [6.07, 6.45) is 0. The monoisotopic (exact) mass is 370 g/mol. The molecule has 1 aliphatic heterocycles. The van der Waals surface area contributed by atoms with E-state index in [4.69, 9.17) is 23.2 Å². The zero-order valence-electron chi connectivity index (χ0n) is 11.5. The van der Waals surface area contributed by atoms with E-state index in [1.807, 2.05) is 29.6 Å². The summed E-state index contributed by atoms with van der Waals surface area (Å²) in [5, 5.41) is 3.76. The third-order valence-corrected chi connectivity index (χ3v) is 5.81. The maximum absolute atomic E-state index is 12.4. The SMILES string of the molecule is O=C(c1cccs1)N1CCN=C1SCc1ccc(Cl)c(Cl)c1. The largest absolute Gasteiger partial charge is 0.285 e. The van der Waals surface area contributed by atoms with Crippen molar-refractivity contribution in [1.82, 2.24) is 4.90 Å². The number of thiophene rings is 1. The highest BCUT2D eigenvalue weighted by Crippen LogP contribution is 2.27. The average molecular weight is 371 g/mol. The highest BCUT2D eigenvalue weighted by atomic mass is 35.5. The summed E-state index contributed by atoms with van der Waals surface area (Å²) in [6.45, 7) is 1.29. The van der Waals surface area contributed by atoms with Gasteiger partial charge in [0.2, 0.25) is 0 Å². The number of thioether (sulfide) groups is 1. The topological polar surface area (TPSA) is 32.7 Å². The summed E-state index contributed by atoms with van der Waals surface area (Å²) in [4.78, 5) is 19.4. The Bertz CT molecular complexity index is 716. The number of carbonyl (C=O) groups excluding carboxylic acids is 1. The predicted molar refractivity (Wildman–Crippen MR) is 95.4 cm³/mol. The van der Waals surface area contributed by atoms with Gasteiger partial charge in [-0.25, -0.2) is 0 Å². The maximum atomic E-state index is 12.4. The lowest BCUT2D eigenvalue weighted by atomic mass is 10.2. The van der Waals surface area contributed by atoms with Gasteiger partial charge in [0.1, 0.15) is 0 Å². The van der Waals surface area contributed by atoms with Gasteiger partial charge in [-0.05, 0) is 29.1 Å². The van der Waals surface area contributed by atoms with E-state index in [2.05, 4.69) is 4.99 Å². The third kappa shape index (κ3) is 3.49. The number of hydrogen-bond acceptors (Lipinski definition) is 4. The van der Waals surface area contributed by atoms with Crippen molar-refractivity contribution in [3.05, 3.63) is 56.2 Å². The molecule has 1 aromatic carbocycles. The first-order chi connectivity index (χ1) is 10.6. The number of aliphatic imine (C=N–C) groups is 1. The van der Waals surface area contributed by atoms with Crippen molar-refractivity contribution >= 4 is 57.4 Å². The van der Waals surface area contributed by atoms with Crippen LogP contribution in [0.15, 0.2) is 40.7 Å². The van der Waals surface area contributed by atoms with Crippen molar-refractivity contribution in [1.29, 1.82) is 0 Å². The van der Waals surface area contributed by atoms with Gasteiger partial charge in [0.25, 0.3) is 5.91 Å². The number of hydrogen-bond donors (Lipinski definition) is 0. The van der Waals surface area contributed by atoms with Crippen LogP contribution in [0.1, 0.15) is 15.2 Å². The molecule has 0 radical (unpaired) electrons. The minimum Gasteiger partial charge on any atom is -0.285 e.